The van der Waals surface area contributed by atoms with Crippen molar-refractivity contribution in [2.24, 2.45) is 0 Å². The second-order valence-corrected chi connectivity index (χ2v) is 6.32. The number of Topliss-reactive ketones (excluding diaryl/α,β-unsaturated/α-hetero) is 1. The summed E-state index contributed by atoms with van der Waals surface area (Å²) in [4.78, 5) is 23.9. The molecule has 18 heavy (non-hydrogen) atoms. The van der Waals surface area contributed by atoms with E-state index in [1.54, 1.807) is 4.90 Å². The third-order valence-corrected chi connectivity index (χ3v) is 4.05. The van der Waals surface area contributed by atoms with Gasteiger partial charge in [0.05, 0.1) is 6.26 Å². The van der Waals surface area contributed by atoms with Crippen LogP contribution in [0.15, 0.2) is 0 Å². The molecule has 104 valence electrons. The first-order valence-corrected chi connectivity index (χ1v) is 7.63. The Bertz CT molecular complexity index is 413. The molecule has 0 unspecified atom stereocenters. The van der Waals surface area contributed by atoms with Gasteiger partial charge in [0.2, 0.25) is 10.0 Å². The number of rotatable bonds is 4. The average molecular weight is 277 g/mol. The molecule has 0 radical (unpaired) electrons. The van der Waals surface area contributed by atoms with Gasteiger partial charge in [-0.15, -0.1) is 0 Å². The minimum absolute atomic E-state index is 0.0252. The molecule has 0 aliphatic carbocycles. The van der Waals surface area contributed by atoms with Crippen molar-refractivity contribution in [1.82, 2.24) is 14.5 Å². The molecule has 0 saturated carbocycles. The van der Waals surface area contributed by atoms with E-state index in [0.29, 0.717) is 39.1 Å². The van der Waals surface area contributed by atoms with Crippen LogP contribution in [-0.2, 0) is 14.8 Å². The van der Waals surface area contributed by atoms with Crippen LogP contribution in [0, 0.1) is 0 Å². The predicted molar refractivity (Wildman–Crippen MR) is 66.7 cm³/mol. The van der Waals surface area contributed by atoms with Crippen molar-refractivity contribution in [3.05, 3.63) is 0 Å². The van der Waals surface area contributed by atoms with E-state index in [1.807, 2.05) is 0 Å². The molecule has 0 atom stereocenters. The first-order valence-electron chi connectivity index (χ1n) is 5.78. The fourth-order valence-corrected chi connectivity index (χ4v) is 2.51. The van der Waals surface area contributed by atoms with E-state index in [-0.39, 0.29) is 11.8 Å². The summed E-state index contributed by atoms with van der Waals surface area (Å²) in [6, 6.07) is -0.246. The standard InChI is InChI=1S/C10H19N3O4S/c1-9(14)3-4-11-10(15)12-5-7-13(8-6-12)18(2,16)17/h3-8H2,1-2H3,(H,11,15). The van der Waals surface area contributed by atoms with Crippen LogP contribution in [0.25, 0.3) is 0 Å². The summed E-state index contributed by atoms with van der Waals surface area (Å²) in [6.45, 7) is 3.17. The summed E-state index contributed by atoms with van der Waals surface area (Å²) in [7, 11) is -3.17. The molecule has 1 aliphatic heterocycles. The van der Waals surface area contributed by atoms with Crippen molar-refractivity contribution in [3.8, 4) is 0 Å². The highest BCUT2D eigenvalue weighted by atomic mass is 32.2. The van der Waals surface area contributed by atoms with Gasteiger partial charge in [-0.05, 0) is 6.92 Å². The predicted octanol–water partition coefficient (Wildman–Crippen LogP) is -0.748. The number of carbonyl (C=O) groups excluding carboxylic acids is 2. The summed E-state index contributed by atoms with van der Waals surface area (Å²) in [5.74, 6) is 0.0252. The number of hydrogen-bond donors (Lipinski definition) is 1. The SMILES string of the molecule is CC(=O)CCNC(=O)N1CCN(S(C)(=O)=O)CC1. The number of carbonyl (C=O) groups is 2. The Morgan fingerprint density at radius 1 is 1.17 bits per heavy atom. The van der Waals surface area contributed by atoms with Crippen molar-refractivity contribution < 1.29 is 18.0 Å². The monoisotopic (exact) mass is 277 g/mol. The van der Waals surface area contributed by atoms with Crippen molar-refractivity contribution in [1.29, 1.82) is 0 Å². The van der Waals surface area contributed by atoms with Gasteiger partial charge in [0.25, 0.3) is 0 Å². The third kappa shape index (κ3) is 4.61. The molecule has 0 aromatic carbocycles. The van der Waals surface area contributed by atoms with E-state index < -0.39 is 10.0 Å². The quantitative estimate of drug-likeness (QED) is 0.732. The molecule has 1 heterocycles. The number of piperazine rings is 1. The van der Waals surface area contributed by atoms with Gasteiger partial charge in [0, 0.05) is 39.1 Å². The van der Waals surface area contributed by atoms with Crippen molar-refractivity contribution in [3.63, 3.8) is 0 Å². The molecule has 1 saturated heterocycles. The minimum Gasteiger partial charge on any atom is -0.338 e. The summed E-state index contributed by atoms with van der Waals surface area (Å²) in [6.07, 6.45) is 1.48. The Balaban J connectivity index is 2.34. The highest BCUT2D eigenvalue weighted by Gasteiger charge is 2.25. The number of urea groups is 1. The molecule has 7 nitrogen and oxygen atoms in total. The second-order valence-electron chi connectivity index (χ2n) is 4.33. The molecule has 1 aliphatic rings. The molecule has 0 spiro atoms. The molecular weight excluding hydrogens is 258 g/mol. The Kier molecular flexibility index (Phi) is 5.09. The molecule has 2 amide bonds. The van der Waals surface area contributed by atoms with Crippen LogP contribution in [0.3, 0.4) is 0 Å². The number of nitrogens with zero attached hydrogens (tertiary/aromatic N) is 2. The molecule has 1 fully saturated rings. The van der Waals surface area contributed by atoms with Gasteiger partial charge in [-0.3, -0.25) is 4.79 Å². The van der Waals surface area contributed by atoms with Gasteiger partial charge in [0.1, 0.15) is 5.78 Å². The maximum atomic E-state index is 11.7. The van der Waals surface area contributed by atoms with Crippen LogP contribution in [0.1, 0.15) is 13.3 Å². The number of amides is 2. The summed E-state index contributed by atoms with van der Waals surface area (Å²) >= 11 is 0. The largest absolute Gasteiger partial charge is 0.338 e. The average Bonchev–Trinajstić information content (AvgIpc) is 2.27. The zero-order valence-electron chi connectivity index (χ0n) is 10.7. The van der Waals surface area contributed by atoms with E-state index >= 15 is 0 Å². The van der Waals surface area contributed by atoms with Crippen LogP contribution in [0.2, 0.25) is 0 Å². The van der Waals surface area contributed by atoms with E-state index in [9.17, 15) is 18.0 Å². The van der Waals surface area contributed by atoms with Gasteiger partial charge in [-0.2, -0.15) is 4.31 Å². The van der Waals surface area contributed by atoms with Gasteiger partial charge in [0.15, 0.2) is 0 Å². The summed E-state index contributed by atoms with van der Waals surface area (Å²) in [5.41, 5.74) is 0. The number of hydrogen-bond acceptors (Lipinski definition) is 4. The van der Waals surface area contributed by atoms with Crippen molar-refractivity contribution in [2.75, 3.05) is 39.0 Å². The molecular formula is C10H19N3O4S. The Labute approximate surface area is 107 Å². The molecule has 1 rings (SSSR count). The Morgan fingerprint density at radius 3 is 2.17 bits per heavy atom. The van der Waals surface area contributed by atoms with Gasteiger partial charge in [-0.25, -0.2) is 13.2 Å². The van der Waals surface area contributed by atoms with Crippen LogP contribution in [0.5, 0.6) is 0 Å². The highest BCUT2D eigenvalue weighted by molar-refractivity contribution is 7.88. The van der Waals surface area contributed by atoms with Crippen LogP contribution in [-0.4, -0.2) is 68.4 Å². The molecule has 0 aromatic heterocycles. The molecule has 8 heteroatoms. The molecule has 0 bridgehead atoms. The lowest BCUT2D eigenvalue weighted by Crippen LogP contribution is -2.53. The lowest BCUT2D eigenvalue weighted by molar-refractivity contribution is -0.116. The van der Waals surface area contributed by atoms with Crippen LogP contribution >= 0.6 is 0 Å². The minimum atomic E-state index is -3.17. The van der Waals surface area contributed by atoms with E-state index in [4.69, 9.17) is 0 Å². The normalized spacial score (nSPS) is 17.6. The van der Waals surface area contributed by atoms with Crippen molar-refractivity contribution in [2.45, 2.75) is 13.3 Å². The van der Waals surface area contributed by atoms with E-state index in [0.717, 1.165) is 6.26 Å². The van der Waals surface area contributed by atoms with Crippen LogP contribution < -0.4 is 5.32 Å². The first-order chi connectivity index (χ1) is 8.30. The number of nitrogens with one attached hydrogen (secondary N) is 1. The van der Waals surface area contributed by atoms with E-state index in [2.05, 4.69) is 5.32 Å². The fourth-order valence-electron chi connectivity index (χ4n) is 1.68. The maximum absolute atomic E-state index is 11.7. The summed E-state index contributed by atoms with van der Waals surface area (Å²) < 4.78 is 23.9. The number of sulfonamides is 1. The Hall–Kier alpha value is -1.15. The van der Waals surface area contributed by atoms with Gasteiger partial charge >= 0.3 is 6.03 Å². The van der Waals surface area contributed by atoms with E-state index in [1.165, 1.54) is 11.2 Å². The Morgan fingerprint density at radius 2 is 1.72 bits per heavy atom. The van der Waals surface area contributed by atoms with Crippen molar-refractivity contribution >= 4 is 21.8 Å². The fraction of sp³-hybridized carbons (Fsp3) is 0.800. The van der Waals surface area contributed by atoms with Gasteiger partial charge in [-0.1, -0.05) is 0 Å². The smallest absolute Gasteiger partial charge is 0.317 e. The van der Waals surface area contributed by atoms with Crippen LogP contribution in [0.4, 0.5) is 4.79 Å². The third-order valence-electron chi connectivity index (χ3n) is 2.75. The highest BCUT2D eigenvalue weighted by Crippen LogP contribution is 2.05. The second kappa shape index (κ2) is 6.14. The number of ketones is 1. The summed E-state index contributed by atoms with van der Waals surface area (Å²) in [5, 5.41) is 2.64. The topological polar surface area (TPSA) is 86.8 Å². The zero-order valence-corrected chi connectivity index (χ0v) is 11.5. The molecule has 0 aromatic rings. The zero-order chi connectivity index (χ0) is 13.8. The molecule has 1 N–H and O–H groups in total. The van der Waals surface area contributed by atoms with Gasteiger partial charge < -0.3 is 10.2 Å². The first kappa shape index (κ1) is 14.9. The lowest BCUT2D eigenvalue weighted by atomic mass is 10.3. The lowest BCUT2D eigenvalue weighted by Gasteiger charge is -2.33. The maximum Gasteiger partial charge on any atom is 0.317 e.